The van der Waals surface area contributed by atoms with E-state index in [4.69, 9.17) is 10.2 Å². The summed E-state index contributed by atoms with van der Waals surface area (Å²) in [6, 6.07) is 0. The van der Waals surface area contributed by atoms with Gasteiger partial charge in [-0.3, -0.25) is 0 Å². The highest BCUT2D eigenvalue weighted by molar-refractivity contribution is 7.78. The van der Waals surface area contributed by atoms with Gasteiger partial charge in [0.2, 0.25) is 0 Å². The minimum atomic E-state index is -1.93. The standard InChI is InChI=1S/C3H6N4O6S/c4-5-13-3(12)7(14)6(1(8)9)2(10)11/h5,14H,4H2,(H,8,9)(H,10,11). The van der Waals surface area contributed by atoms with Gasteiger partial charge < -0.3 is 15.1 Å². The van der Waals surface area contributed by atoms with E-state index in [-0.39, 0.29) is 4.41 Å². The minimum Gasteiger partial charge on any atom is -0.463 e. The van der Waals surface area contributed by atoms with Gasteiger partial charge in [-0.25, -0.2) is 20.2 Å². The number of hydrogen-bond donors (Lipinski definition) is 5. The lowest BCUT2D eigenvalue weighted by atomic mass is 10.9. The zero-order valence-electron chi connectivity index (χ0n) is 6.45. The number of carboxylic acid groups (broad SMARTS) is 2. The Hall–Kier alpha value is -1.72. The van der Waals surface area contributed by atoms with Crippen LogP contribution < -0.4 is 11.4 Å². The molecule has 3 amide bonds. The van der Waals surface area contributed by atoms with Crippen molar-refractivity contribution in [3.63, 3.8) is 0 Å². The largest absolute Gasteiger partial charge is 0.463 e. The van der Waals surface area contributed by atoms with Crippen molar-refractivity contribution in [1.82, 2.24) is 15.0 Å². The molecular weight excluding hydrogens is 220 g/mol. The SMILES string of the molecule is NNOC(=O)N(S)N(C(=O)O)C(=O)O. The molecular formula is C3H6N4O6S. The summed E-state index contributed by atoms with van der Waals surface area (Å²) < 4.78 is -0.107. The summed E-state index contributed by atoms with van der Waals surface area (Å²) in [4.78, 5) is 35.1. The maximum atomic E-state index is 10.7. The van der Waals surface area contributed by atoms with Crippen molar-refractivity contribution in [2.24, 2.45) is 5.84 Å². The van der Waals surface area contributed by atoms with Crippen LogP contribution in [0.1, 0.15) is 0 Å². The first-order valence-corrected chi connectivity index (χ1v) is 3.23. The fourth-order valence-corrected chi connectivity index (χ4v) is 0.611. The molecule has 5 N–H and O–H groups in total. The third-order valence-corrected chi connectivity index (χ3v) is 1.20. The number of carbonyl (C=O) groups excluding carboxylic acids is 1. The van der Waals surface area contributed by atoms with Crippen molar-refractivity contribution in [3.05, 3.63) is 0 Å². The molecule has 80 valence electrons. The number of carbonyl (C=O) groups is 3. The van der Waals surface area contributed by atoms with Gasteiger partial charge >= 0.3 is 18.3 Å². The Morgan fingerprint density at radius 2 is 1.71 bits per heavy atom. The zero-order chi connectivity index (χ0) is 11.3. The molecule has 0 aromatic heterocycles. The number of rotatable bonds is 1. The maximum absolute atomic E-state index is 10.7. The first-order chi connectivity index (χ1) is 6.41. The second-order valence-corrected chi connectivity index (χ2v) is 2.03. The molecule has 11 heteroatoms. The van der Waals surface area contributed by atoms with E-state index in [0.717, 1.165) is 0 Å². The van der Waals surface area contributed by atoms with Crippen LogP contribution >= 0.6 is 12.8 Å². The second kappa shape index (κ2) is 5.11. The van der Waals surface area contributed by atoms with Gasteiger partial charge in [-0.15, -0.1) is 4.41 Å². The molecule has 10 nitrogen and oxygen atoms in total. The summed E-state index contributed by atoms with van der Waals surface area (Å²) in [6.07, 6.45) is -5.29. The van der Waals surface area contributed by atoms with Crippen LogP contribution in [0.3, 0.4) is 0 Å². The van der Waals surface area contributed by atoms with Crippen LogP contribution in [0.25, 0.3) is 0 Å². The Labute approximate surface area is 82.2 Å². The highest BCUT2D eigenvalue weighted by Crippen LogP contribution is 2.05. The summed E-state index contributed by atoms with van der Waals surface area (Å²) in [6.45, 7) is 0. The molecule has 0 aromatic rings. The van der Waals surface area contributed by atoms with Gasteiger partial charge in [0.15, 0.2) is 0 Å². The lowest BCUT2D eigenvalue weighted by Crippen LogP contribution is -2.48. The zero-order valence-corrected chi connectivity index (χ0v) is 7.34. The Morgan fingerprint density at radius 1 is 1.29 bits per heavy atom. The Kier molecular flexibility index (Phi) is 4.48. The molecule has 0 atom stereocenters. The first-order valence-electron chi connectivity index (χ1n) is 2.83. The molecule has 0 aliphatic rings. The number of amides is 3. The average molecular weight is 226 g/mol. The van der Waals surface area contributed by atoms with Gasteiger partial charge in [0.05, 0.1) is 0 Å². The topological polar surface area (TPSA) is 145 Å². The highest BCUT2D eigenvalue weighted by Gasteiger charge is 2.31. The fourth-order valence-electron chi connectivity index (χ4n) is 0.417. The molecule has 0 fully saturated rings. The van der Waals surface area contributed by atoms with Crippen LogP contribution in [-0.4, -0.2) is 37.9 Å². The van der Waals surface area contributed by atoms with E-state index in [9.17, 15) is 14.4 Å². The third-order valence-electron chi connectivity index (χ3n) is 0.861. The molecule has 14 heavy (non-hydrogen) atoms. The van der Waals surface area contributed by atoms with Crippen molar-refractivity contribution in [2.75, 3.05) is 0 Å². The average Bonchev–Trinajstić information content (AvgIpc) is 2.03. The monoisotopic (exact) mass is 226 g/mol. The number of imide groups is 1. The summed E-state index contributed by atoms with van der Waals surface area (Å²) in [7, 11) is 0. The highest BCUT2D eigenvalue weighted by atomic mass is 32.1. The second-order valence-electron chi connectivity index (χ2n) is 1.65. The van der Waals surface area contributed by atoms with Crippen LogP contribution in [0, 0.1) is 0 Å². The van der Waals surface area contributed by atoms with E-state index < -0.39 is 23.3 Å². The van der Waals surface area contributed by atoms with Crippen LogP contribution in [0.2, 0.25) is 0 Å². The van der Waals surface area contributed by atoms with E-state index in [1.165, 1.54) is 5.59 Å². The van der Waals surface area contributed by atoms with Crippen LogP contribution in [-0.2, 0) is 4.84 Å². The van der Waals surface area contributed by atoms with E-state index in [1.54, 1.807) is 0 Å². The molecule has 0 saturated heterocycles. The van der Waals surface area contributed by atoms with Crippen molar-refractivity contribution in [3.8, 4) is 0 Å². The van der Waals surface area contributed by atoms with Crippen LogP contribution in [0.5, 0.6) is 0 Å². The van der Waals surface area contributed by atoms with Gasteiger partial charge in [0.25, 0.3) is 0 Å². The van der Waals surface area contributed by atoms with E-state index in [2.05, 4.69) is 23.5 Å². The molecule has 0 unspecified atom stereocenters. The number of nitrogens with two attached hydrogens (primary N) is 1. The number of hydrogen-bond acceptors (Lipinski definition) is 7. The van der Waals surface area contributed by atoms with Crippen LogP contribution in [0.15, 0.2) is 0 Å². The van der Waals surface area contributed by atoms with Crippen molar-refractivity contribution in [1.29, 1.82) is 0 Å². The normalized spacial score (nSPS) is 9.00. The third kappa shape index (κ3) is 2.96. The lowest BCUT2D eigenvalue weighted by Gasteiger charge is -2.21. The Morgan fingerprint density at radius 3 is 2.00 bits per heavy atom. The summed E-state index contributed by atoms with van der Waals surface area (Å²) in [5.74, 6) is 4.55. The van der Waals surface area contributed by atoms with Gasteiger partial charge in [-0.2, -0.15) is 0 Å². The van der Waals surface area contributed by atoms with Gasteiger partial charge in [-0.05, 0) is 12.8 Å². The predicted molar refractivity (Wildman–Crippen MR) is 42.5 cm³/mol. The van der Waals surface area contributed by atoms with Crippen LogP contribution in [0.4, 0.5) is 14.4 Å². The number of nitrogens with one attached hydrogen (secondary N) is 1. The quantitative estimate of drug-likeness (QED) is 0.222. The van der Waals surface area contributed by atoms with Gasteiger partial charge in [-0.1, -0.05) is 10.6 Å². The molecule has 0 aliphatic carbocycles. The molecule has 0 aromatic carbocycles. The molecule has 0 spiro atoms. The Balaban J connectivity index is 4.59. The van der Waals surface area contributed by atoms with Gasteiger partial charge in [0, 0.05) is 0 Å². The molecule has 0 saturated carbocycles. The van der Waals surface area contributed by atoms with Crippen molar-refractivity contribution >= 4 is 31.1 Å². The summed E-state index contributed by atoms with van der Waals surface area (Å²) in [5, 5.41) is 16.2. The van der Waals surface area contributed by atoms with Crippen molar-refractivity contribution in [2.45, 2.75) is 0 Å². The smallest absolute Gasteiger partial charge is 0.460 e. The molecule has 0 radical (unpaired) electrons. The maximum Gasteiger partial charge on any atom is 0.460 e. The summed E-state index contributed by atoms with van der Waals surface area (Å²) >= 11 is 3.26. The molecule has 0 heterocycles. The minimum absolute atomic E-state index is 0.107. The number of thiol groups is 1. The van der Waals surface area contributed by atoms with E-state index >= 15 is 0 Å². The lowest BCUT2D eigenvalue weighted by molar-refractivity contribution is 0.0229. The van der Waals surface area contributed by atoms with Gasteiger partial charge in [0.1, 0.15) is 0 Å². The molecule has 0 rings (SSSR count). The van der Waals surface area contributed by atoms with E-state index in [0.29, 0.717) is 0 Å². The molecule has 0 bridgehead atoms. The van der Waals surface area contributed by atoms with E-state index in [1.807, 2.05) is 0 Å². The number of nitrogens with zero attached hydrogens (tertiary/aromatic N) is 2. The first kappa shape index (κ1) is 12.3. The Bertz CT molecular complexity index is 243. The predicted octanol–water partition coefficient (Wildman–Crippen LogP) is -0.779. The fraction of sp³-hybridized carbons (Fsp3) is 0. The molecule has 0 aliphatic heterocycles. The number of hydrazine groups is 2. The van der Waals surface area contributed by atoms with Crippen molar-refractivity contribution < 1.29 is 29.4 Å². The summed E-state index contributed by atoms with van der Waals surface area (Å²) in [5.41, 5.74) is 1.43.